The molecule has 2 aliphatic rings. The van der Waals surface area contributed by atoms with E-state index in [0.29, 0.717) is 5.92 Å². The van der Waals surface area contributed by atoms with E-state index in [0.717, 1.165) is 24.7 Å². The highest BCUT2D eigenvalue weighted by molar-refractivity contribution is 4.95. The van der Waals surface area contributed by atoms with Crippen LogP contribution in [-0.2, 0) is 4.74 Å². The molecular formula is C16H30O2. The number of aliphatic hydroxyl groups excluding tert-OH is 1. The quantitative estimate of drug-likeness (QED) is 0.830. The van der Waals surface area contributed by atoms with Crippen LogP contribution in [0.5, 0.6) is 0 Å². The molecule has 2 aliphatic carbocycles. The van der Waals surface area contributed by atoms with Crippen molar-refractivity contribution in [1.29, 1.82) is 0 Å². The molecule has 4 unspecified atom stereocenters. The van der Waals surface area contributed by atoms with Crippen LogP contribution in [-0.4, -0.2) is 23.9 Å². The maximum Gasteiger partial charge on any atom is 0.0939 e. The highest BCUT2D eigenvalue weighted by Crippen LogP contribution is 2.42. The molecule has 2 fully saturated rings. The van der Waals surface area contributed by atoms with Crippen molar-refractivity contribution in [3.8, 4) is 0 Å². The molecule has 0 aromatic rings. The van der Waals surface area contributed by atoms with Crippen LogP contribution in [0, 0.1) is 17.8 Å². The largest absolute Gasteiger partial charge is 0.390 e. The lowest BCUT2D eigenvalue weighted by atomic mass is 9.68. The van der Waals surface area contributed by atoms with Gasteiger partial charge in [-0.3, -0.25) is 0 Å². The van der Waals surface area contributed by atoms with E-state index < -0.39 is 0 Å². The molecule has 2 nitrogen and oxygen atoms in total. The Labute approximate surface area is 112 Å². The molecule has 18 heavy (non-hydrogen) atoms. The van der Waals surface area contributed by atoms with Crippen molar-refractivity contribution in [1.82, 2.24) is 0 Å². The van der Waals surface area contributed by atoms with E-state index in [1.807, 2.05) is 0 Å². The minimum atomic E-state index is -0.252. The molecule has 0 heterocycles. The molecule has 0 bridgehead atoms. The standard InChI is InChI=1S/C16H30O2/c1-12-7-8-14(11-13(12)2)15(17)16(18-3)9-5-4-6-10-16/h12-15,17H,4-11H2,1-3H3. The topological polar surface area (TPSA) is 29.5 Å². The van der Waals surface area contributed by atoms with E-state index in [2.05, 4.69) is 13.8 Å². The first-order valence-corrected chi connectivity index (χ1v) is 7.82. The van der Waals surface area contributed by atoms with Crippen molar-refractivity contribution in [2.24, 2.45) is 17.8 Å². The van der Waals surface area contributed by atoms with Gasteiger partial charge in [-0.2, -0.15) is 0 Å². The second-order valence-corrected chi connectivity index (χ2v) is 6.80. The third-order valence-electron chi connectivity index (χ3n) is 5.73. The third kappa shape index (κ3) is 2.75. The zero-order chi connectivity index (χ0) is 13.2. The minimum absolute atomic E-state index is 0.233. The zero-order valence-corrected chi connectivity index (χ0v) is 12.3. The number of ether oxygens (including phenoxy) is 1. The first-order chi connectivity index (χ1) is 8.59. The normalized spacial score (nSPS) is 38.3. The van der Waals surface area contributed by atoms with Gasteiger partial charge in [0.15, 0.2) is 0 Å². The van der Waals surface area contributed by atoms with E-state index in [-0.39, 0.29) is 11.7 Å². The monoisotopic (exact) mass is 254 g/mol. The van der Waals surface area contributed by atoms with Crippen LogP contribution in [0.25, 0.3) is 0 Å². The first kappa shape index (κ1) is 14.3. The lowest BCUT2D eigenvalue weighted by molar-refractivity contribution is -0.149. The van der Waals surface area contributed by atoms with Crippen molar-refractivity contribution in [3.63, 3.8) is 0 Å². The SMILES string of the molecule is COC1(C(O)C2CCC(C)C(C)C2)CCCCC1. The minimum Gasteiger partial charge on any atom is -0.390 e. The molecule has 2 heteroatoms. The Morgan fingerprint density at radius 1 is 1.06 bits per heavy atom. The van der Waals surface area contributed by atoms with E-state index in [9.17, 15) is 5.11 Å². The van der Waals surface area contributed by atoms with Crippen molar-refractivity contribution < 1.29 is 9.84 Å². The lowest BCUT2D eigenvalue weighted by Gasteiger charge is -2.45. The number of hydrogen-bond donors (Lipinski definition) is 1. The molecule has 2 rings (SSSR count). The van der Waals surface area contributed by atoms with Crippen molar-refractivity contribution in [3.05, 3.63) is 0 Å². The maximum atomic E-state index is 10.8. The predicted molar refractivity (Wildman–Crippen MR) is 74.5 cm³/mol. The fourth-order valence-electron chi connectivity index (χ4n) is 4.08. The molecule has 0 radical (unpaired) electrons. The molecule has 0 aromatic carbocycles. The second kappa shape index (κ2) is 5.92. The molecule has 0 spiro atoms. The summed E-state index contributed by atoms with van der Waals surface area (Å²) >= 11 is 0. The average molecular weight is 254 g/mol. The Balaban J connectivity index is 2.02. The van der Waals surface area contributed by atoms with E-state index in [4.69, 9.17) is 4.74 Å². The summed E-state index contributed by atoms with van der Waals surface area (Å²) < 4.78 is 5.81. The highest BCUT2D eigenvalue weighted by Gasteiger charge is 2.44. The average Bonchev–Trinajstić information content (AvgIpc) is 2.42. The van der Waals surface area contributed by atoms with Crippen LogP contribution in [0.3, 0.4) is 0 Å². The summed E-state index contributed by atoms with van der Waals surface area (Å²) in [6, 6.07) is 0. The van der Waals surface area contributed by atoms with Crippen molar-refractivity contribution >= 4 is 0 Å². The number of methoxy groups -OCH3 is 1. The summed E-state index contributed by atoms with van der Waals surface area (Å²) in [5.74, 6) is 2.02. The summed E-state index contributed by atoms with van der Waals surface area (Å²) in [4.78, 5) is 0. The van der Waals surface area contributed by atoms with Crippen LogP contribution < -0.4 is 0 Å². The Kier molecular flexibility index (Phi) is 4.71. The van der Waals surface area contributed by atoms with Gasteiger partial charge in [0.2, 0.25) is 0 Å². The van der Waals surface area contributed by atoms with Gasteiger partial charge < -0.3 is 9.84 Å². The van der Waals surface area contributed by atoms with Crippen molar-refractivity contribution in [2.45, 2.75) is 76.9 Å². The van der Waals surface area contributed by atoms with Gasteiger partial charge in [-0.15, -0.1) is 0 Å². The third-order valence-corrected chi connectivity index (χ3v) is 5.73. The molecule has 0 aromatic heterocycles. The Morgan fingerprint density at radius 2 is 1.72 bits per heavy atom. The van der Waals surface area contributed by atoms with Crippen LogP contribution in [0.1, 0.15) is 65.2 Å². The van der Waals surface area contributed by atoms with Gasteiger partial charge in [0.25, 0.3) is 0 Å². The summed E-state index contributed by atoms with van der Waals surface area (Å²) in [5, 5.41) is 10.8. The zero-order valence-electron chi connectivity index (χ0n) is 12.3. The summed E-state index contributed by atoms with van der Waals surface area (Å²) in [6.07, 6.45) is 9.19. The smallest absolute Gasteiger partial charge is 0.0939 e. The van der Waals surface area contributed by atoms with Gasteiger partial charge in [-0.1, -0.05) is 39.5 Å². The molecule has 2 saturated carbocycles. The maximum absolute atomic E-state index is 10.8. The highest BCUT2D eigenvalue weighted by atomic mass is 16.5. The summed E-state index contributed by atoms with van der Waals surface area (Å²) in [5.41, 5.74) is -0.233. The predicted octanol–water partition coefficient (Wildman–Crippen LogP) is 3.77. The first-order valence-electron chi connectivity index (χ1n) is 7.82. The fraction of sp³-hybridized carbons (Fsp3) is 1.00. The second-order valence-electron chi connectivity index (χ2n) is 6.80. The van der Waals surface area contributed by atoms with Gasteiger partial charge >= 0.3 is 0 Å². The molecule has 106 valence electrons. The van der Waals surface area contributed by atoms with Crippen LogP contribution in [0.4, 0.5) is 0 Å². The molecule has 0 amide bonds. The molecular weight excluding hydrogens is 224 g/mol. The van der Waals surface area contributed by atoms with Gasteiger partial charge in [0.1, 0.15) is 0 Å². The number of rotatable bonds is 3. The Hall–Kier alpha value is -0.0800. The Morgan fingerprint density at radius 3 is 2.28 bits per heavy atom. The molecule has 1 N–H and O–H groups in total. The van der Waals surface area contributed by atoms with Crippen molar-refractivity contribution in [2.75, 3.05) is 7.11 Å². The molecule has 0 saturated heterocycles. The van der Waals surface area contributed by atoms with E-state index >= 15 is 0 Å². The summed E-state index contributed by atoms with van der Waals surface area (Å²) in [7, 11) is 1.80. The fourth-order valence-corrected chi connectivity index (χ4v) is 4.08. The van der Waals surface area contributed by atoms with Gasteiger partial charge in [0.05, 0.1) is 11.7 Å². The molecule has 0 aliphatic heterocycles. The summed E-state index contributed by atoms with van der Waals surface area (Å²) in [6.45, 7) is 4.68. The van der Waals surface area contributed by atoms with Gasteiger partial charge in [-0.05, 0) is 43.4 Å². The van der Waals surface area contributed by atoms with E-state index in [1.54, 1.807) is 7.11 Å². The number of hydrogen-bond acceptors (Lipinski definition) is 2. The Bertz CT molecular complexity index is 258. The molecule has 4 atom stereocenters. The number of aliphatic hydroxyl groups is 1. The van der Waals surface area contributed by atoms with Crippen LogP contribution in [0.2, 0.25) is 0 Å². The van der Waals surface area contributed by atoms with Crippen LogP contribution in [0.15, 0.2) is 0 Å². The van der Waals surface area contributed by atoms with E-state index in [1.165, 1.54) is 38.5 Å². The van der Waals surface area contributed by atoms with Crippen LogP contribution >= 0.6 is 0 Å². The van der Waals surface area contributed by atoms with Gasteiger partial charge in [-0.25, -0.2) is 0 Å². The van der Waals surface area contributed by atoms with Gasteiger partial charge in [0, 0.05) is 7.11 Å². The lowest BCUT2D eigenvalue weighted by Crippen LogP contribution is -2.50.